The molecule has 1 unspecified atom stereocenters. The van der Waals surface area contributed by atoms with Crippen LogP contribution in [0.25, 0.3) is 0 Å². The Balaban J connectivity index is 2.41. The van der Waals surface area contributed by atoms with E-state index in [0.717, 1.165) is 12.5 Å². The van der Waals surface area contributed by atoms with Crippen LogP contribution in [0.4, 0.5) is 0 Å². The summed E-state index contributed by atoms with van der Waals surface area (Å²) in [6.45, 7) is 10.2. The van der Waals surface area contributed by atoms with Crippen molar-refractivity contribution in [2.45, 2.75) is 59.4 Å². The number of hydrogen-bond donors (Lipinski definition) is 1. The van der Waals surface area contributed by atoms with Gasteiger partial charge in [0.1, 0.15) is 0 Å². The summed E-state index contributed by atoms with van der Waals surface area (Å²) in [5, 5.41) is 3.59. The molecular formula is C17H29N. The minimum Gasteiger partial charge on any atom is -0.310 e. The molecule has 0 radical (unpaired) electrons. The molecule has 1 aromatic rings. The van der Waals surface area contributed by atoms with Crippen LogP contribution in [-0.2, 0) is 6.42 Å². The van der Waals surface area contributed by atoms with Crippen molar-refractivity contribution in [2.75, 3.05) is 6.54 Å². The van der Waals surface area contributed by atoms with Crippen LogP contribution in [0, 0.1) is 5.92 Å². The average Bonchev–Trinajstić information content (AvgIpc) is 2.34. The summed E-state index contributed by atoms with van der Waals surface area (Å²) in [7, 11) is 0. The zero-order valence-electron chi connectivity index (χ0n) is 12.5. The van der Waals surface area contributed by atoms with Crippen molar-refractivity contribution in [3.63, 3.8) is 0 Å². The van der Waals surface area contributed by atoms with E-state index >= 15 is 0 Å². The van der Waals surface area contributed by atoms with E-state index in [0.29, 0.717) is 6.04 Å². The number of unbranched alkanes of at least 4 members (excludes halogenated alkanes) is 2. The largest absolute Gasteiger partial charge is 0.310 e. The molecule has 0 saturated heterocycles. The maximum absolute atomic E-state index is 3.59. The van der Waals surface area contributed by atoms with Gasteiger partial charge in [-0.3, -0.25) is 0 Å². The molecule has 0 aromatic heterocycles. The van der Waals surface area contributed by atoms with Crippen LogP contribution in [0.1, 0.15) is 64.1 Å². The molecule has 1 N–H and O–H groups in total. The predicted molar refractivity (Wildman–Crippen MR) is 80.9 cm³/mol. The van der Waals surface area contributed by atoms with E-state index in [1.807, 2.05) is 0 Å². The first-order valence-corrected chi connectivity index (χ1v) is 7.45. The molecule has 0 heterocycles. The maximum Gasteiger partial charge on any atom is 0.0291 e. The predicted octanol–water partition coefficient (Wildman–Crippen LogP) is 4.73. The lowest BCUT2D eigenvalue weighted by Crippen LogP contribution is -2.19. The first-order chi connectivity index (χ1) is 8.63. The van der Waals surface area contributed by atoms with Gasteiger partial charge in [0, 0.05) is 6.04 Å². The molecule has 0 aliphatic rings. The van der Waals surface area contributed by atoms with E-state index in [2.05, 4.69) is 57.3 Å². The van der Waals surface area contributed by atoms with E-state index in [1.54, 1.807) is 0 Å². The van der Waals surface area contributed by atoms with Gasteiger partial charge >= 0.3 is 0 Å². The molecule has 1 rings (SSSR count). The van der Waals surface area contributed by atoms with Crippen molar-refractivity contribution >= 4 is 0 Å². The van der Waals surface area contributed by atoms with Gasteiger partial charge in [-0.15, -0.1) is 0 Å². The molecule has 0 spiro atoms. The molecule has 1 atom stereocenters. The highest BCUT2D eigenvalue weighted by Gasteiger charge is 2.04. The second-order valence-corrected chi connectivity index (χ2v) is 5.72. The van der Waals surface area contributed by atoms with Gasteiger partial charge in [0.15, 0.2) is 0 Å². The summed E-state index contributed by atoms with van der Waals surface area (Å²) in [6, 6.07) is 9.57. The number of rotatable bonds is 8. The van der Waals surface area contributed by atoms with E-state index in [4.69, 9.17) is 0 Å². The van der Waals surface area contributed by atoms with Crippen molar-refractivity contribution < 1.29 is 0 Å². The second kappa shape index (κ2) is 8.31. The molecule has 1 aromatic carbocycles. The Kier molecular flexibility index (Phi) is 7.04. The fourth-order valence-corrected chi connectivity index (χ4v) is 2.23. The van der Waals surface area contributed by atoms with Crippen LogP contribution >= 0.6 is 0 Å². The summed E-state index contributed by atoms with van der Waals surface area (Å²) in [5.41, 5.74) is 2.85. The van der Waals surface area contributed by atoms with Crippen LogP contribution in [0.5, 0.6) is 0 Å². The Labute approximate surface area is 113 Å². The average molecular weight is 247 g/mol. The van der Waals surface area contributed by atoms with Gasteiger partial charge in [0.2, 0.25) is 0 Å². The molecule has 1 nitrogen and oxygen atoms in total. The summed E-state index contributed by atoms with van der Waals surface area (Å²) in [4.78, 5) is 0. The summed E-state index contributed by atoms with van der Waals surface area (Å²) >= 11 is 0. The SMILES string of the molecule is CCCCCNC(C)c1ccc(CC(C)C)cc1. The zero-order chi connectivity index (χ0) is 13.4. The number of hydrogen-bond acceptors (Lipinski definition) is 1. The summed E-state index contributed by atoms with van der Waals surface area (Å²) < 4.78 is 0. The molecule has 18 heavy (non-hydrogen) atoms. The quantitative estimate of drug-likeness (QED) is 0.655. The Morgan fingerprint density at radius 2 is 1.67 bits per heavy atom. The van der Waals surface area contributed by atoms with Gasteiger partial charge in [-0.05, 0) is 43.4 Å². The monoisotopic (exact) mass is 247 g/mol. The Morgan fingerprint density at radius 3 is 2.22 bits per heavy atom. The molecule has 0 saturated carbocycles. The third-order valence-corrected chi connectivity index (χ3v) is 3.35. The van der Waals surface area contributed by atoms with Crippen molar-refractivity contribution in [3.8, 4) is 0 Å². The van der Waals surface area contributed by atoms with Gasteiger partial charge in [-0.25, -0.2) is 0 Å². The molecule has 0 bridgehead atoms. The van der Waals surface area contributed by atoms with Gasteiger partial charge in [-0.2, -0.15) is 0 Å². The highest BCUT2D eigenvalue weighted by Crippen LogP contribution is 2.15. The molecular weight excluding hydrogens is 218 g/mol. The smallest absolute Gasteiger partial charge is 0.0291 e. The third kappa shape index (κ3) is 5.68. The van der Waals surface area contributed by atoms with Crippen LogP contribution < -0.4 is 5.32 Å². The van der Waals surface area contributed by atoms with Crippen molar-refractivity contribution in [2.24, 2.45) is 5.92 Å². The normalized spacial score (nSPS) is 12.9. The van der Waals surface area contributed by atoms with Gasteiger partial charge < -0.3 is 5.32 Å². The minimum absolute atomic E-state index is 0.468. The topological polar surface area (TPSA) is 12.0 Å². The summed E-state index contributed by atoms with van der Waals surface area (Å²) in [5.74, 6) is 0.737. The first-order valence-electron chi connectivity index (χ1n) is 7.45. The fourth-order valence-electron chi connectivity index (χ4n) is 2.23. The van der Waals surface area contributed by atoms with Crippen molar-refractivity contribution in [3.05, 3.63) is 35.4 Å². The number of nitrogens with one attached hydrogen (secondary N) is 1. The summed E-state index contributed by atoms with van der Waals surface area (Å²) in [6.07, 6.45) is 5.08. The molecule has 0 aliphatic carbocycles. The Hall–Kier alpha value is -0.820. The number of benzene rings is 1. The van der Waals surface area contributed by atoms with Crippen LogP contribution in [0.15, 0.2) is 24.3 Å². The highest BCUT2D eigenvalue weighted by molar-refractivity contribution is 5.25. The zero-order valence-corrected chi connectivity index (χ0v) is 12.5. The standard InChI is InChI=1S/C17H29N/c1-5-6-7-12-18-15(4)17-10-8-16(9-11-17)13-14(2)3/h8-11,14-15,18H,5-7,12-13H2,1-4H3. The van der Waals surface area contributed by atoms with E-state index < -0.39 is 0 Å². The van der Waals surface area contributed by atoms with Crippen LogP contribution in [0.2, 0.25) is 0 Å². The first kappa shape index (κ1) is 15.2. The van der Waals surface area contributed by atoms with E-state index in [9.17, 15) is 0 Å². The van der Waals surface area contributed by atoms with Crippen molar-refractivity contribution in [1.29, 1.82) is 0 Å². The fraction of sp³-hybridized carbons (Fsp3) is 0.647. The maximum atomic E-state index is 3.59. The third-order valence-electron chi connectivity index (χ3n) is 3.35. The van der Waals surface area contributed by atoms with Crippen LogP contribution in [0.3, 0.4) is 0 Å². The van der Waals surface area contributed by atoms with E-state index in [-0.39, 0.29) is 0 Å². The molecule has 0 fully saturated rings. The van der Waals surface area contributed by atoms with Crippen LogP contribution in [-0.4, -0.2) is 6.54 Å². The lowest BCUT2D eigenvalue weighted by atomic mass is 10.00. The Morgan fingerprint density at radius 1 is 1.00 bits per heavy atom. The molecule has 102 valence electrons. The van der Waals surface area contributed by atoms with Gasteiger partial charge in [0.25, 0.3) is 0 Å². The second-order valence-electron chi connectivity index (χ2n) is 5.72. The van der Waals surface area contributed by atoms with E-state index in [1.165, 1.54) is 36.8 Å². The van der Waals surface area contributed by atoms with Gasteiger partial charge in [-0.1, -0.05) is 57.9 Å². The molecule has 0 amide bonds. The molecule has 0 aliphatic heterocycles. The lowest BCUT2D eigenvalue weighted by Gasteiger charge is -2.15. The molecule has 1 heteroatoms. The van der Waals surface area contributed by atoms with Gasteiger partial charge in [0.05, 0.1) is 0 Å². The minimum atomic E-state index is 0.468. The lowest BCUT2D eigenvalue weighted by molar-refractivity contribution is 0.543. The Bertz CT molecular complexity index is 313. The highest BCUT2D eigenvalue weighted by atomic mass is 14.9. The van der Waals surface area contributed by atoms with Crippen molar-refractivity contribution in [1.82, 2.24) is 5.32 Å².